The van der Waals surface area contributed by atoms with E-state index < -0.39 is 5.82 Å². The molecule has 1 aliphatic heterocycles. The first-order chi connectivity index (χ1) is 16.1. The van der Waals surface area contributed by atoms with E-state index in [4.69, 9.17) is 16.6 Å². The number of hydrogen-bond donors (Lipinski definition) is 3. The van der Waals surface area contributed by atoms with Crippen LogP contribution in [0.1, 0.15) is 18.4 Å². The molecule has 1 aliphatic rings. The highest BCUT2D eigenvalue weighted by Crippen LogP contribution is 2.33. The highest BCUT2D eigenvalue weighted by atomic mass is 35.5. The maximum Gasteiger partial charge on any atom is 0.224 e. The summed E-state index contributed by atoms with van der Waals surface area (Å²) in [7, 11) is 0. The Hall–Kier alpha value is -3.16. The van der Waals surface area contributed by atoms with Crippen molar-refractivity contribution in [1.29, 1.82) is 0 Å². The lowest BCUT2D eigenvalue weighted by Gasteiger charge is -2.24. The molecule has 8 heteroatoms. The minimum Gasteiger partial charge on any atom is -0.505 e. The number of fused-ring (bicyclic) bond motifs is 1. The van der Waals surface area contributed by atoms with Crippen LogP contribution >= 0.6 is 11.6 Å². The number of hydrogen-bond acceptors (Lipinski definition) is 5. The van der Waals surface area contributed by atoms with Gasteiger partial charge in [-0.05, 0) is 61.7 Å². The highest BCUT2D eigenvalue weighted by Gasteiger charge is 2.20. The van der Waals surface area contributed by atoms with Crippen molar-refractivity contribution in [3.8, 4) is 17.0 Å². The second kappa shape index (κ2) is 9.37. The quantitative estimate of drug-likeness (QED) is 0.364. The summed E-state index contributed by atoms with van der Waals surface area (Å²) in [6.45, 7) is 3.21. The van der Waals surface area contributed by atoms with Gasteiger partial charge in [-0.2, -0.15) is 4.98 Å². The minimum atomic E-state index is -0.648. The number of rotatable bonds is 6. The van der Waals surface area contributed by atoms with Gasteiger partial charge in [0.2, 0.25) is 5.95 Å². The predicted molar refractivity (Wildman–Crippen MR) is 129 cm³/mol. The number of halogens is 2. The van der Waals surface area contributed by atoms with Gasteiger partial charge in [0, 0.05) is 35.3 Å². The maximum absolute atomic E-state index is 13.7. The fourth-order valence-corrected chi connectivity index (χ4v) is 4.61. The summed E-state index contributed by atoms with van der Waals surface area (Å²) in [5.41, 5.74) is 3.52. The van der Waals surface area contributed by atoms with E-state index in [-0.39, 0.29) is 5.75 Å². The Morgan fingerprint density at radius 3 is 2.88 bits per heavy atom. The third kappa shape index (κ3) is 4.65. The monoisotopic (exact) mass is 465 g/mol. The van der Waals surface area contributed by atoms with Crippen molar-refractivity contribution >= 4 is 28.6 Å². The summed E-state index contributed by atoms with van der Waals surface area (Å²) in [6, 6.07) is 14.2. The van der Waals surface area contributed by atoms with Crippen LogP contribution in [0, 0.1) is 11.7 Å². The van der Waals surface area contributed by atoms with Gasteiger partial charge >= 0.3 is 0 Å². The van der Waals surface area contributed by atoms with Gasteiger partial charge in [-0.15, -0.1) is 0 Å². The standard InChI is InChI=1S/C25H25ClFN5O/c26-20-6-2-1-5-19(20)22-11-18-14-30-25(29-13-16-7-8-23(33)21(27)10-16)31-24(18)32(22)15-17-4-3-9-28-12-17/h1-2,5-8,10-11,14,17,28,33H,3-4,9,12-13,15H2,(H,29,30,31). The van der Waals surface area contributed by atoms with Gasteiger partial charge in [-0.3, -0.25) is 0 Å². The molecule has 0 amide bonds. The number of anilines is 1. The number of nitrogens with zero attached hydrogens (tertiary/aromatic N) is 3. The number of phenolic OH excluding ortho intramolecular Hbond substituents is 1. The Morgan fingerprint density at radius 2 is 2.09 bits per heavy atom. The zero-order chi connectivity index (χ0) is 22.8. The number of aromatic hydroxyl groups is 1. The summed E-state index contributed by atoms with van der Waals surface area (Å²) < 4.78 is 15.9. The van der Waals surface area contributed by atoms with Gasteiger partial charge in [0.05, 0.1) is 5.69 Å². The molecule has 2 aromatic heterocycles. The Morgan fingerprint density at radius 1 is 1.21 bits per heavy atom. The van der Waals surface area contributed by atoms with Crippen molar-refractivity contribution in [3.05, 3.63) is 71.1 Å². The maximum atomic E-state index is 13.7. The molecule has 0 radical (unpaired) electrons. The first-order valence-electron chi connectivity index (χ1n) is 11.1. The highest BCUT2D eigenvalue weighted by molar-refractivity contribution is 6.33. The van der Waals surface area contributed by atoms with Crippen LogP contribution < -0.4 is 10.6 Å². The largest absolute Gasteiger partial charge is 0.505 e. The van der Waals surface area contributed by atoms with E-state index in [0.717, 1.165) is 54.8 Å². The van der Waals surface area contributed by atoms with Crippen LogP contribution in [-0.4, -0.2) is 32.7 Å². The lowest BCUT2D eigenvalue weighted by atomic mass is 9.99. The molecule has 6 nitrogen and oxygen atoms in total. The smallest absolute Gasteiger partial charge is 0.224 e. The molecule has 3 heterocycles. The van der Waals surface area contributed by atoms with Crippen molar-refractivity contribution in [2.75, 3.05) is 18.4 Å². The summed E-state index contributed by atoms with van der Waals surface area (Å²) in [5, 5.41) is 17.7. The number of benzene rings is 2. The van der Waals surface area contributed by atoms with Crippen LogP contribution in [0.5, 0.6) is 5.75 Å². The van der Waals surface area contributed by atoms with Crippen molar-refractivity contribution in [2.24, 2.45) is 5.92 Å². The molecular weight excluding hydrogens is 441 g/mol. The van der Waals surface area contributed by atoms with Gasteiger partial charge in [0.15, 0.2) is 11.6 Å². The first-order valence-corrected chi connectivity index (χ1v) is 11.5. The number of aromatic nitrogens is 3. The van der Waals surface area contributed by atoms with Gasteiger partial charge in [-0.25, -0.2) is 9.37 Å². The van der Waals surface area contributed by atoms with Crippen molar-refractivity contribution in [1.82, 2.24) is 19.9 Å². The number of piperidine rings is 1. The molecule has 1 fully saturated rings. The van der Waals surface area contributed by atoms with E-state index in [2.05, 4.69) is 26.3 Å². The van der Waals surface area contributed by atoms with Crippen molar-refractivity contribution in [2.45, 2.75) is 25.9 Å². The third-order valence-corrected chi connectivity index (χ3v) is 6.42. The molecule has 2 aromatic carbocycles. The fourth-order valence-electron chi connectivity index (χ4n) is 4.38. The lowest BCUT2D eigenvalue weighted by molar-refractivity contribution is 0.341. The predicted octanol–water partition coefficient (Wildman–Crippen LogP) is 5.21. The van der Waals surface area contributed by atoms with Crippen molar-refractivity contribution < 1.29 is 9.50 Å². The SMILES string of the molecule is Oc1ccc(CNc2ncc3cc(-c4ccccc4Cl)n(CC4CCCNC4)c3n2)cc1F. The summed E-state index contributed by atoms with van der Waals surface area (Å²) in [5.74, 6) is -0.0479. The second-order valence-corrected chi connectivity index (χ2v) is 8.85. The van der Waals surface area contributed by atoms with Crippen LogP contribution in [0.2, 0.25) is 5.02 Å². The zero-order valence-corrected chi connectivity index (χ0v) is 18.8. The van der Waals surface area contributed by atoms with Gasteiger partial charge in [0.25, 0.3) is 0 Å². The molecule has 0 saturated carbocycles. The number of nitrogens with one attached hydrogen (secondary N) is 2. The summed E-state index contributed by atoms with van der Waals surface area (Å²) >= 11 is 6.55. The van der Waals surface area contributed by atoms with Gasteiger partial charge in [0.1, 0.15) is 5.65 Å². The Kier molecular flexibility index (Phi) is 6.15. The Labute approximate surface area is 196 Å². The molecule has 170 valence electrons. The second-order valence-electron chi connectivity index (χ2n) is 8.44. The average Bonchev–Trinajstić information content (AvgIpc) is 3.18. The van der Waals surface area contributed by atoms with E-state index >= 15 is 0 Å². The van der Waals surface area contributed by atoms with Crippen LogP contribution in [0.15, 0.2) is 54.7 Å². The molecule has 3 N–H and O–H groups in total. The van der Waals surface area contributed by atoms with Crippen LogP contribution in [0.3, 0.4) is 0 Å². The molecule has 0 spiro atoms. The van der Waals surface area contributed by atoms with E-state index in [0.29, 0.717) is 29.0 Å². The molecule has 0 aliphatic carbocycles. The van der Waals surface area contributed by atoms with Crippen molar-refractivity contribution in [3.63, 3.8) is 0 Å². The molecule has 33 heavy (non-hydrogen) atoms. The molecule has 0 bridgehead atoms. The van der Waals surface area contributed by atoms with E-state index in [9.17, 15) is 9.50 Å². The van der Waals surface area contributed by atoms with E-state index in [1.807, 2.05) is 24.3 Å². The lowest BCUT2D eigenvalue weighted by Crippen LogP contribution is -2.32. The summed E-state index contributed by atoms with van der Waals surface area (Å²) in [4.78, 5) is 9.26. The molecule has 1 saturated heterocycles. The van der Waals surface area contributed by atoms with Gasteiger partial charge in [-0.1, -0.05) is 35.9 Å². The Bertz CT molecular complexity index is 1290. The molecule has 1 atom stereocenters. The Balaban J connectivity index is 1.50. The van der Waals surface area contributed by atoms with Gasteiger partial charge < -0.3 is 20.3 Å². The zero-order valence-electron chi connectivity index (χ0n) is 18.1. The molecule has 4 aromatic rings. The topological polar surface area (TPSA) is 75.0 Å². The minimum absolute atomic E-state index is 0.341. The third-order valence-electron chi connectivity index (χ3n) is 6.09. The number of phenols is 1. The van der Waals surface area contributed by atoms with Crippen LogP contribution in [0.4, 0.5) is 10.3 Å². The first kappa shape index (κ1) is 21.7. The van der Waals surface area contributed by atoms with Crippen LogP contribution in [-0.2, 0) is 13.1 Å². The van der Waals surface area contributed by atoms with E-state index in [1.165, 1.54) is 12.1 Å². The molecular formula is C25H25ClFN5O. The summed E-state index contributed by atoms with van der Waals surface area (Å²) in [6.07, 6.45) is 4.13. The molecule has 1 unspecified atom stereocenters. The fraction of sp³-hybridized carbons (Fsp3) is 0.280. The van der Waals surface area contributed by atoms with E-state index in [1.54, 1.807) is 12.3 Å². The average molecular weight is 466 g/mol. The van der Waals surface area contributed by atoms with Crippen LogP contribution in [0.25, 0.3) is 22.3 Å². The molecule has 5 rings (SSSR count). The normalized spacial score (nSPS) is 16.2.